The number of carbonyl (C=O) groups is 1. The Balaban J connectivity index is 1.94. The maximum Gasteiger partial charge on any atom is 0.323 e. The number of hydrogen-bond donors (Lipinski definition) is 1. The molecule has 1 heterocycles. The molecule has 1 aromatic carbocycles. The van der Waals surface area contributed by atoms with Gasteiger partial charge < -0.3 is 10.1 Å². The highest BCUT2D eigenvalue weighted by atomic mass is 16.5. The molecule has 0 bridgehead atoms. The topological polar surface area (TPSA) is 38.3 Å². The largest absolute Gasteiger partial charge is 0.460 e. The fourth-order valence-corrected chi connectivity index (χ4v) is 1.69. The molecule has 1 saturated heterocycles. The number of benzene rings is 1. The van der Waals surface area contributed by atoms with E-state index >= 15 is 0 Å². The summed E-state index contributed by atoms with van der Waals surface area (Å²) in [7, 11) is 0. The van der Waals surface area contributed by atoms with Crippen LogP contribution in [-0.4, -0.2) is 24.7 Å². The minimum absolute atomic E-state index is 0.0314. The molecule has 0 amide bonds. The van der Waals surface area contributed by atoms with Gasteiger partial charge in [-0.3, -0.25) is 4.79 Å². The Morgan fingerprint density at radius 2 is 2.13 bits per heavy atom. The first kappa shape index (κ1) is 10.2. The number of hydrogen-bond acceptors (Lipinski definition) is 3. The van der Waals surface area contributed by atoms with Gasteiger partial charge in [-0.1, -0.05) is 30.3 Å². The molecule has 1 aliphatic rings. The van der Waals surface area contributed by atoms with E-state index in [2.05, 4.69) is 5.32 Å². The van der Waals surface area contributed by atoms with Crippen molar-refractivity contribution in [2.24, 2.45) is 0 Å². The molecule has 80 valence electrons. The summed E-state index contributed by atoms with van der Waals surface area (Å²) in [6, 6.07) is 9.90. The van der Waals surface area contributed by atoms with E-state index in [9.17, 15) is 4.79 Å². The second-order valence-corrected chi connectivity index (χ2v) is 3.88. The van der Waals surface area contributed by atoms with E-state index in [0.29, 0.717) is 0 Å². The smallest absolute Gasteiger partial charge is 0.323 e. The van der Waals surface area contributed by atoms with Crippen LogP contribution in [0.3, 0.4) is 0 Å². The third-order valence-electron chi connectivity index (χ3n) is 2.59. The summed E-state index contributed by atoms with van der Waals surface area (Å²) >= 11 is 0. The molecule has 1 fully saturated rings. The van der Waals surface area contributed by atoms with Crippen LogP contribution in [0.5, 0.6) is 0 Å². The molecule has 1 N–H and O–H groups in total. The maximum atomic E-state index is 11.3. The summed E-state index contributed by atoms with van der Waals surface area (Å²) in [5.41, 5.74) is 1.20. The van der Waals surface area contributed by atoms with Crippen LogP contribution in [0.1, 0.15) is 12.5 Å². The number of rotatable bonds is 2. The summed E-state index contributed by atoms with van der Waals surface area (Å²) in [6.45, 7) is 2.56. The average Bonchev–Trinajstić information content (AvgIpc) is 2.25. The predicted octanol–water partition coefficient (Wildman–Crippen LogP) is 1.13. The molecule has 2 atom stereocenters. The Morgan fingerprint density at radius 3 is 2.80 bits per heavy atom. The molecular formula is C12H15NO2. The van der Waals surface area contributed by atoms with E-state index in [1.54, 1.807) is 0 Å². The first-order valence-electron chi connectivity index (χ1n) is 5.23. The van der Waals surface area contributed by atoms with Gasteiger partial charge in [-0.15, -0.1) is 0 Å². The number of esters is 1. The summed E-state index contributed by atoms with van der Waals surface area (Å²) < 4.78 is 5.30. The van der Waals surface area contributed by atoms with Crippen LogP contribution in [0.2, 0.25) is 0 Å². The van der Waals surface area contributed by atoms with Crippen molar-refractivity contribution in [1.82, 2.24) is 5.32 Å². The van der Waals surface area contributed by atoms with Crippen molar-refractivity contribution in [3.8, 4) is 0 Å². The quantitative estimate of drug-likeness (QED) is 0.736. The molecule has 0 spiro atoms. The van der Waals surface area contributed by atoms with Gasteiger partial charge in [0.25, 0.3) is 0 Å². The van der Waals surface area contributed by atoms with Crippen molar-refractivity contribution < 1.29 is 9.53 Å². The normalized spacial score (nSPS) is 26.1. The second-order valence-electron chi connectivity index (χ2n) is 3.88. The van der Waals surface area contributed by atoms with Gasteiger partial charge in [0.1, 0.15) is 12.1 Å². The van der Waals surface area contributed by atoms with Crippen molar-refractivity contribution in [1.29, 1.82) is 0 Å². The van der Waals surface area contributed by atoms with Crippen LogP contribution in [-0.2, 0) is 16.0 Å². The van der Waals surface area contributed by atoms with Gasteiger partial charge in [-0.2, -0.15) is 0 Å². The Labute approximate surface area is 89.4 Å². The average molecular weight is 205 g/mol. The molecule has 3 heteroatoms. The Bertz CT molecular complexity index is 337. The number of nitrogens with one attached hydrogen (secondary N) is 1. The van der Waals surface area contributed by atoms with Crippen LogP contribution >= 0.6 is 0 Å². The van der Waals surface area contributed by atoms with Crippen LogP contribution in [0.25, 0.3) is 0 Å². The van der Waals surface area contributed by atoms with Gasteiger partial charge in [0, 0.05) is 13.0 Å². The van der Waals surface area contributed by atoms with Gasteiger partial charge >= 0.3 is 5.97 Å². The molecule has 2 rings (SSSR count). The summed E-state index contributed by atoms with van der Waals surface area (Å²) in [5.74, 6) is -0.151. The van der Waals surface area contributed by atoms with Crippen LogP contribution in [0.4, 0.5) is 0 Å². The molecule has 0 radical (unpaired) electrons. The van der Waals surface area contributed by atoms with E-state index in [1.807, 2.05) is 37.3 Å². The summed E-state index contributed by atoms with van der Waals surface area (Å²) in [4.78, 5) is 11.3. The zero-order chi connectivity index (χ0) is 10.7. The van der Waals surface area contributed by atoms with Crippen LogP contribution in [0.15, 0.2) is 30.3 Å². The highest BCUT2D eigenvalue weighted by Crippen LogP contribution is 2.09. The summed E-state index contributed by atoms with van der Waals surface area (Å²) in [6.07, 6.45) is 0.753. The monoisotopic (exact) mass is 205 g/mol. The molecule has 0 aromatic heterocycles. The van der Waals surface area contributed by atoms with E-state index in [-0.39, 0.29) is 18.1 Å². The van der Waals surface area contributed by atoms with Crippen molar-refractivity contribution in [2.75, 3.05) is 6.54 Å². The maximum absolute atomic E-state index is 11.3. The summed E-state index contributed by atoms with van der Waals surface area (Å²) in [5, 5.41) is 3.13. The number of ether oxygens (including phenoxy) is 1. The lowest BCUT2D eigenvalue weighted by Crippen LogP contribution is -2.49. The van der Waals surface area contributed by atoms with E-state index < -0.39 is 0 Å². The van der Waals surface area contributed by atoms with E-state index in [4.69, 9.17) is 4.74 Å². The lowest BCUT2D eigenvalue weighted by atomic mass is 10.1. The predicted molar refractivity (Wildman–Crippen MR) is 57.5 cm³/mol. The Kier molecular flexibility index (Phi) is 3.02. The van der Waals surface area contributed by atoms with Crippen molar-refractivity contribution >= 4 is 5.97 Å². The minimum atomic E-state index is -0.169. The lowest BCUT2D eigenvalue weighted by molar-refractivity contribution is -0.155. The number of morpholine rings is 1. The molecule has 3 nitrogen and oxygen atoms in total. The minimum Gasteiger partial charge on any atom is -0.460 e. The van der Waals surface area contributed by atoms with Gasteiger partial charge in [-0.25, -0.2) is 0 Å². The zero-order valence-corrected chi connectivity index (χ0v) is 8.77. The van der Waals surface area contributed by atoms with Gasteiger partial charge in [0.15, 0.2) is 0 Å². The standard InChI is InChI=1S/C12H15NO2/c1-9-12(14)15-11(8-13-9)7-10-5-3-2-4-6-10/h2-6,9,11,13H,7-8H2,1H3. The van der Waals surface area contributed by atoms with Crippen molar-refractivity contribution in [2.45, 2.75) is 25.5 Å². The van der Waals surface area contributed by atoms with E-state index in [0.717, 1.165) is 13.0 Å². The third-order valence-corrected chi connectivity index (χ3v) is 2.59. The van der Waals surface area contributed by atoms with Crippen LogP contribution < -0.4 is 5.32 Å². The molecule has 2 unspecified atom stereocenters. The highest BCUT2D eigenvalue weighted by molar-refractivity contribution is 5.76. The van der Waals surface area contributed by atoms with Gasteiger partial charge in [0.05, 0.1) is 0 Å². The van der Waals surface area contributed by atoms with Crippen LogP contribution in [0, 0.1) is 0 Å². The first-order chi connectivity index (χ1) is 7.25. The first-order valence-corrected chi connectivity index (χ1v) is 5.23. The van der Waals surface area contributed by atoms with Gasteiger partial charge in [-0.05, 0) is 12.5 Å². The molecule has 0 aliphatic carbocycles. The number of cyclic esters (lactones) is 1. The fourth-order valence-electron chi connectivity index (χ4n) is 1.69. The Morgan fingerprint density at radius 1 is 1.40 bits per heavy atom. The Hall–Kier alpha value is -1.35. The van der Waals surface area contributed by atoms with Gasteiger partial charge in [0.2, 0.25) is 0 Å². The zero-order valence-electron chi connectivity index (χ0n) is 8.77. The highest BCUT2D eigenvalue weighted by Gasteiger charge is 2.25. The number of carbonyl (C=O) groups excluding carboxylic acids is 1. The fraction of sp³-hybridized carbons (Fsp3) is 0.417. The molecule has 1 aromatic rings. The lowest BCUT2D eigenvalue weighted by Gasteiger charge is -2.27. The van der Waals surface area contributed by atoms with E-state index in [1.165, 1.54) is 5.56 Å². The second kappa shape index (κ2) is 4.45. The van der Waals surface area contributed by atoms with Crippen molar-refractivity contribution in [3.63, 3.8) is 0 Å². The molecule has 15 heavy (non-hydrogen) atoms. The molecule has 1 aliphatic heterocycles. The van der Waals surface area contributed by atoms with Crippen molar-refractivity contribution in [3.05, 3.63) is 35.9 Å². The molecule has 0 saturated carbocycles. The third kappa shape index (κ3) is 2.57. The SMILES string of the molecule is CC1NCC(Cc2ccccc2)OC1=O. The molecular weight excluding hydrogens is 190 g/mol.